The van der Waals surface area contributed by atoms with E-state index in [1.807, 2.05) is 13.8 Å². The molecule has 148 valence electrons. The number of alkyl halides is 3. The molecule has 1 rings (SSSR count). The van der Waals surface area contributed by atoms with Crippen LogP contribution in [0.15, 0.2) is 4.99 Å². The molecule has 0 aliphatic carbocycles. The summed E-state index contributed by atoms with van der Waals surface area (Å²) in [5, 5.41) is 6.27. The summed E-state index contributed by atoms with van der Waals surface area (Å²) in [7, 11) is 3.30. The zero-order valence-corrected chi connectivity index (χ0v) is 17.5. The first kappa shape index (κ1) is 24.2. The second-order valence-corrected chi connectivity index (χ2v) is 6.71. The van der Waals surface area contributed by atoms with E-state index >= 15 is 0 Å². The number of amides is 1. The number of rotatable bonds is 6. The summed E-state index contributed by atoms with van der Waals surface area (Å²) in [6, 6.07) is -0.111. The molecule has 0 bridgehead atoms. The van der Waals surface area contributed by atoms with Crippen LogP contribution in [0.3, 0.4) is 0 Å². The van der Waals surface area contributed by atoms with E-state index in [0.29, 0.717) is 37.9 Å². The molecule has 1 aliphatic heterocycles. The summed E-state index contributed by atoms with van der Waals surface area (Å²) in [5.74, 6) is 0.718. The van der Waals surface area contributed by atoms with E-state index in [1.54, 1.807) is 14.1 Å². The average Bonchev–Trinajstić information content (AvgIpc) is 2.86. The number of carbonyl (C=O) groups is 1. The van der Waals surface area contributed by atoms with Crippen molar-refractivity contribution >= 4 is 35.8 Å². The molecule has 0 spiro atoms. The highest BCUT2D eigenvalue weighted by Crippen LogP contribution is 2.19. The first-order valence-electron chi connectivity index (χ1n) is 8.11. The van der Waals surface area contributed by atoms with Crippen molar-refractivity contribution in [2.75, 3.05) is 46.8 Å². The number of hydrogen-bond acceptors (Lipinski definition) is 3. The number of likely N-dealkylation sites (N-methyl/N-ethyl adjacent to an activating group) is 1. The Bertz CT molecular complexity index is 443. The fraction of sp³-hybridized carbons (Fsp3) is 0.867. The van der Waals surface area contributed by atoms with Gasteiger partial charge in [-0.1, -0.05) is 13.8 Å². The maximum Gasteiger partial charge on any atom is 0.401 e. The van der Waals surface area contributed by atoms with Crippen molar-refractivity contribution in [1.29, 1.82) is 0 Å². The predicted molar refractivity (Wildman–Crippen MR) is 103 cm³/mol. The number of aliphatic imine (C=N–C) groups is 1. The summed E-state index contributed by atoms with van der Waals surface area (Å²) < 4.78 is 37.4. The van der Waals surface area contributed by atoms with E-state index in [4.69, 9.17) is 0 Å². The number of likely N-dealkylation sites (tertiary alicyclic amines) is 1. The van der Waals surface area contributed by atoms with Gasteiger partial charge in [0.2, 0.25) is 5.91 Å². The van der Waals surface area contributed by atoms with Crippen molar-refractivity contribution in [3.8, 4) is 0 Å². The van der Waals surface area contributed by atoms with Crippen LogP contribution in [-0.4, -0.2) is 80.7 Å². The van der Waals surface area contributed by atoms with E-state index in [-0.39, 0.29) is 42.5 Å². The van der Waals surface area contributed by atoms with E-state index in [0.717, 1.165) is 0 Å². The summed E-state index contributed by atoms with van der Waals surface area (Å²) in [4.78, 5) is 18.7. The lowest BCUT2D eigenvalue weighted by Gasteiger charge is -2.20. The van der Waals surface area contributed by atoms with Gasteiger partial charge in [0.25, 0.3) is 0 Å². The van der Waals surface area contributed by atoms with Gasteiger partial charge >= 0.3 is 6.18 Å². The van der Waals surface area contributed by atoms with Gasteiger partial charge in [0.1, 0.15) is 6.54 Å². The molecule has 2 N–H and O–H groups in total. The smallest absolute Gasteiger partial charge is 0.356 e. The molecule has 25 heavy (non-hydrogen) atoms. The second kappa shape index (κ2) is 11.0. The third kappa shape index (κ3) is 10.7. The van der Waals surface area contributed by atoms with Crippen molar-refractivity contribution in [1.82, 2.24) is 20.4 Å². The van der Waals surface area contributed by atoms with E-state index in [9.17, 15) is 18.0 Å². The van der Waals surface area contributed by atoms with Crippen molar-refractivity contribution in [3.05, 3.63) is 0 Å². The molecule has 1 saturated heterocycles. The summed E-state index contributed by atoms with van der Waals surface area (Å²) in [5.41, 5.74) is 0. The number of halogens is 4. The molecule has 0 radical (unpaired) electrons. The van der Waals surface area contributed by atoms with Crippen molar-refractivity contribution in [3.63, 3.8) is 0 Å². The van der Waals surface area contributed by atoms with Crippen LogP contribution < -0.4 is 10.6 Å². The fourth-order valence-corrected chi connectivity index (χ4v) is 2.28. The highest BCUT2D eigenvalue weighted by Gasteiger charge is 2.34. The SMILES string of the molecule is CC(C)CNC(=NCC(=O)N(C)C)NC1CCN(CC(F)(F)F)C1.I. The third-order valence-corrected chi connectivity index (χ3v) is 3.57. The summed E-state index contributed by atoms with van der Waals surface area (Å²) >= 11 is 0. The number of nitrogens with one attached hydrogen (secondary N) is 2. The first-order valence-corrected chi connectivity index (χ1v) is 8.11. The van der Waals surface area contributed by atoms with Gasteiger partial charge in [-0.15, -0.1) is 24.0 Å². The molecule has 1 atom stereocenters. The molecule has 1 unspecified atom stereocenters. The van der Waals surface area contributed by atoms with Crippen LogP contribution in [0.5, 0.6) is 0 Å². The topological polar surface area (TPSA) is 60.0 Å². The third-order valence-electron chi connectivity index (χ3n) is 3.57. The Labute approximate surface area is 164 Å². The minimum absolute atomic E-state index is 0. The quantitative estimate of drug-likeness (QED) is 0.345. The van der Waals surface area contributed by atoms with Gasteiger partial charge < -0.3 is 15.5 Å². The van der Waals surface area contributed by atoms with Gasteiger partial charge in [-0.25, -0.2) is 4.99 Å². The van der Waals surface area contributed by atoms with Crippen LogP contribution in [0, 0.1) is 5.92 Å². The van der Waals surface area contributed by atoms with Crippen LogP contribution in [0.2, 0.25) is 0 Å². The molecule has 10 heteroatoms. The van der Waals surface area contributed by atoms with Crippen molar-refractivity contribution in [2.45, 2.75) is 32.5 Å². The highest BCUT2D eigenvalue weighted by atomic mass is 127. The van der Waals surface area contributed by atoms with Crippen molar-refractivity contribution < 1.29 is 18.0 Å². The van der Waals surface area contributed by atoms with Gasteiger partial charge in [-0.3, -0.25) is 9.69 Å². The maximum atomic E-state index is 12.5. The van der Waals surface area contributed by atoms with E-state index < -0.39 is 12.7 Å². The molecule has 1 fully saturated rings. The monoisotopic (exact) mass is 479 g/mol. The van der Waals surface area contributed by atoms with Crippen LogP contribution in [0.1, 0.15) is 20.3 Å². The lowest BCUT2D eigenvalue weighted by Crippen LogP contribution is -2.46. The van der Waals surface area contributed by atoms with Crippen LogP contribution in [0.25, 0.3) is 0 Å². The number of carbonyl (C=O) groups excluding carboxylic acids is 1. The Morgan fingerprint density at radius 1 is 1.36 bits per heavy atom. The number of nitrogens with zero attached hydrogens (tertiary/aromatic N) is 3. The zero-order chi connectivity index (χ0) is 18.3. The Balaban J connectivity index is 0.00000576. The molecule has 0 aromatic carbocycles. The average molecular weight is 479 g/mol. The van der Waals surface area contributed by atoms with Gasteiger partial charge in [0.15, 0.2) is 5.96 Å². The van der Waals surface area contributed by atoms with Gasteiger partial charge in [0, 0.05) is 39.8 Å². The standard InChI is InChI=1S/C15H28F3N5O.HI/c1-11(2)7-19-14(20-8-13(24)22(3)4)21-12-5-6-23(9-12)10-15(16,17)18;/h11-12H,5-10H2,1-4H3,(H2,19,20,21);1H. The molecular weight excluding hydrogens is 450 g/mol. The molecule has 1 amide bonds. The Hall–Kier alpha value is -0.780. The summed E-state index contributed by atoms with van der Waals surface area (Å²) in [6.07, 6.45) is -3.57. The van der Waals surface area contributed by atoms with Crippen molar-refractivity contribution in [2.24, 2.45) is 10.9 Å². The normalized spacial score (nSPS) is 18.9. The molecular formula is C15H29F3IN5O. The molecule has 1 aliphatic rings. The largest absolute Gasteiger partial charge is 0.401 e. The maximum absolute atomic E-state index is 12.5. The molecule has 6 nitrogen and oxygen atoms in total. The Kier molecular flexibility index (Phi) is 10.7. The predicted octanol–water partition coefficient (Wildman–Crippen LogP) is 1.52. The number of guanidine groups is 1. The van der Waals surface area contributed by atoms with Crippen LogP contribution in [-0.2, 0) is 4.79 Å². The minimum Gasteiger partial charge on any atom is -0.356 e. The first-order chi connectivity index (χ1) is 11.1. The van der Waals surface area contributed by atoms with Crippen LogP contribution in [0.4, 0.5) is 13.2 Å². The lowest BCUT2D eigenvalue weighted by molar-refractivity contribution is -0.143. The molecule has 0 aromatic heterocycles. The lowest BCUT2D eigenvalue weighted by atomic mass is 10.2. The van der Waals surface area contributed by atoms with Gasteiger partial charge in [-0.05, 0) is 12.3 Å². The molecule has 0 saturated carbocycles. The van der Waals surface area contributed by atoms with Crippen LogP contribution >= 0.6 is 24.0 Å². The van der Waals surface area contributed by atoms with Gasteiger partial charge in [-0.2, -0.15) is 13.2 Å². The fourth-order valence-electron chi connectivity index (χ4n) is 2.28. The van der Waals surface area contributed by atoms with Gasteiger partial charge in [0.05, 0.1) is 6.54 Å². The second-order valence-electron chi connectivity index (χ2n) is 6.71. The Morgan fingerprint density at radius 3 is 2.52 bits per heavy atom. The molecule has 0 aromatic rings. The number of hydrogen-bond donors (Lipinski definition) is 2. The Morgan fingerprint density at radius 2 is 2.00 bits per heavy atom. The van der Waals surface area contributed by atoms with E-state index in [2.05, 4.69) is 15.6 Å². The van der Waals surface area contributed by atoms with E-state index in [1.165, 1.54) is 9.80 Å². The minimum atomic E-state index is -4.18. The zero-order valence-electron chi connectivity index (χ0n) is 15.2. The highest BCUT2D eigenvalue weighted by molar-refractivity contribution is 14.0. The summed E-state index contributed by atoms with van der Waals surface area (Å²) in [6.45, 7) is 4.55. The molecule has 1 heterocycles.